The van der Waals surface area contributed by atoms with Gasteiger partial charge in [-0.3, -0.25) is 19.2 Å². The van der Waals surface area contributed by atoms with E-state index in [1.54, 1.807) is 18.2 Å². The lowest BCUT2D eigenvalue weighted by Crippen LogP contribution is -2.39. The van der Waals surface area contributed by atoms with Crippen molar-refractivity contribution in [3.05, 3.63) is 64.7 Å². The average Bonchev–Trinajstić information content (AvgIpc) is 2.77. The van der Waals surface area contributed by atoms with Crippen LogP contribution in [0.1, 0.15) is 44.9 Å². The zero-order valence-electron chi connectivity index (χ0n) is 17.6. The van der Waals surface area contributed by atoms with Gasteiger partial charge in [-0.25, -0.2) is 13.8 Å². The van der Waals surface area contributed by atoms with E-state index in [0.717, 1.165) is 54.6 Å². The van der Waals surface area contributed by atoms with E-state index in [0.29, 0.717) is 0 Å². The molecule has 0 heterocycles. The predicted molar refractivity (Wildman–Crippen MR) is 122 cm³/mol. The third-order valence-electron chi connectivity index (χ3n) is 5.22. The summed E-state index contributed by atoms with van der Waals surface area (Å²) in [5, 5.41) is 15.4. The van der Waals surface area contributed by atoms with Crippen LogP contribution in [0.2, 0.25) is 0 Å². The molecule has 1 amide bonds. The Hall–Kier alpha value is -3.27. The van der Waals surface area contributed by atoms with Gasteiger partial charge in [-0.2, -0.15) is 5.10 Å². The number of hydrogen-bond donors (Lipinski definition) is 1. The van der Waals surface area contributed by atoms with Crippen molar-refractivity contribution in [3.8, 4) is 0 Å². The minimum atomic E-state index is -4.14. The molecule has 9 nitrogen and oxygen atoms in total. The molecule has 2 aromatic rings. The molecule has 0 spiro atoms. The molecule has 1 fully saturated rings. The van der Waals surface area contributed by atoms with Gasteiger partial charge >= 0.3 is 0 Å². The van der Waals surface area contributed by atoms with E-state index in [4.69, 9.17) is 0 Å². The van der Waals surface area contributed by atoms with E-state index >= 15 is 0 Å². The number of rotatable bonds is 7. The first kappa shape index (κ1) is 23.4. The molecule has 0 aromatic heterocycles. The molecular weight excluding hydrogens is 432 g/mol. The molecule has 3 rings (SSSR count). The minimum absolute atomic E-state index is 0.0226. The van der Waals surface area contributed by atoms with Gasteiger partial charge in [0.05, 0.1) is 15.5 Å². The number of nitrogens with one attached hydrogen (secondary N) is 1. The van der Waals surface area contributed by atoms with Crippen molar-refractivity contribution in [3.63, 3.8) is 0 Å². The average molecular weight is 459 g/mol. The summed E-state index contributed by atoms with van der Waals surface area (Å²) in [6, 6.07) is 12.8. The molecule has 0 atom stereocenters. The lowest BCUT2D eigenvalue weighted by Gasteiger charge is -2.23. The number of non-ortho nitro benzene ring substituents is 1. The Morgan fingerprint density at radius 2 is 1.66 bits per heavy atom. The van der Waals surface area contributed by atoms with Crippen molar-refractivity contribution >= 4 is 33.0 Å². The number of hydrogen-bond acceptors (Lipinski definition) is 6. The summed E-state index contributed by atoms with van der Waals surface area (Å²) in [5.74, 6) is -0.620. The van der Waals surface area contributed by atoms with Crippen molar-refractivity contribution in [1.29, 1.82) is 0 Å². The highest BCUT2D eigenvalue weighted by atomic mass is 32.2. The Balaban J connectivity index is 1.86. The van der Waals surface area contributed by atoms with Crippen LogP contribution in [0.5, 0.6) is 0 Å². The zero-order valence-corrected chi connectivity index (χ0v) is 18.5. The number of carbonyl (C=O) groups excluding carboxylic acids is 1. The maximum atomic E-state index is 13.3. The molecular formula is C22H26N4O5S. The molecule has 1 saturated carbocycles. The van der Waals surface area contributed by atoms with Gasteiger partial charge in [0.25, 0.3) is 21.6 Å². The zero-order chi connectivity index (χ0) is 23.0. The molecule has 1 aliphatic carbocycles. The molecule has 170 valence electrons. The molecule has 32 heavy (non-hydrogen) atoms. The molecule has 1 N–H and O–H groups in total. The van der Waals surface area contributed by atoms with Crippen LogP contribution in [-0.2, 0) is 14.8 Å². The fourth-order valence-corrected chi connectivity index (χ4v) is 4.96. The molecule has 0 saturated heterocycles. The van der Waals surface area contributed by atoms with Crippen molar-refractivity contribution in [2.24, 2.45) is 5.10 Å². The Kier molecular flexibility index (Phi) is 7.93. The molecule has 0 aliphatic heterocycles. The van der Waals surface area contributed by atoms with Gasteiger partial charge in [-0.15, -0.1) is 0 Å². The predicted octanol–water partition coefficient (Wildman–Crippen LogP) is 4.01. The first-order chi connectivity index (χ1) is 15.4. The van der Waals surface area contributed by atoms with E-state index in [1.807, 2.05) is 0 Å². The first-order valence-electron chi connectivity index (χ1n) is 10.5. The van der Waals surface area contributed by atoms with Crippen LogP contribution in [0.3, 0.4) is 0 Å². The number of nitro groups is 1. The smallest absolute Gasteiger partial charge is 0.271 e. The second-order valence-electron chi connectivity index (χ2n) is 7.58. The van der Waals surface area contributed by atoms with Crippen LogP contribution in [0.15, 0.2) is 64.6 Å². The number of amides is 1. The third kappa shape index (κ3) is 6.13. The molecule has 10 heteroatoms. The van der Waals surface area contributed by atoms with Crippen LogP contribution in [-0.4, -0.2) is 31.5 Å². The SMILES string of the molecule is O=C(CN(c1cccc([N+](=O)[O-])c1)S(=O)(=O)c1ccccc1)NN=C1CCCCCCC1. The van der Waals surface area contributed by atoms with Gasteiger partial charge in [0.2, 0.25) is 0 Å². The van der Waals surface area contributed by atoms with Crippen LogP contribution >= 0.6 is 0 Å². The first-order valence-corrected chi connectivity index (χ1v) is 12.0. The van der Waals surface area contributed by atoms with E-state index in [1.165, 1.54) is 36.8 Å². The Labute approximate surface area is 187 Å². The fraction of sp³-hybridized carbons (Fsp3) is 0.364. The van der Waals surface area contributed by atoms with Gasteiger partial charge in [-0.1, -0.05) is 43.5 Å². The number of nitrogens with zero attached hydrogens (tertiary/aromatic N) is 3. The molecule has 0 radical (unpaired) electrons. The maximum Gasteiger partial charge on any atom is 0.271 e. The van der Waals surface area contributed by atoms with E-state index < -0.39 is 27.4 Å². The summed E-state index contributed by atoms with van der Waals surface area (Å²) in [6.45, 7) is -0.560. The number of benzene rings is 2. The molecule has 0 unspecified atom stereocenters. The van der Waals surface area contributed by atoms with Gasteiger partial charge < -0.3 is 0 Å². The van der Waals surface area contributed by atoms with Crippen molar-refractivity contribution in [1.82, 2.24) is 5.43 Å². The van der Waals surface area contributed by atoms with Crippen molar-refractivity contribution < 1.29 is 18.1 Å². The minimum Gasteiger partial charge on any atom is -0.271 e. The topological polar surface area (TPSA) is 122 Å². The number of hydrazone groups is 1. The lowest BCUT2D eigenvalue weighted by atomic mass is 9.99. The van der Waals surface area contributed by atoms with Crippen LogP contribution in [0.4, 0.5) is 11.4 Å². The number of nitro benzene ring substituents is 1. The fourth-order valence-electron chi connectivity index (χ4n) is 3.53. The Morgan fingerprint density at radius 1 is 1.00 bits per heavy atom. The lowest BCUT2D eigenvalue weighted by molar-refractivity contribution is -0.384. The quantitative estimate of drug-likeness (QED) is 0.496. The molecule has 2 aromatic carbocycles. The summed E-state index contributed by atoms with van der Waals surface area (Å²) in [7, 11) is -4.14. The number of anilines is 1. The van der Waals surface area contributed by atoms with Gasteiger partial charge in [0.1, 0.15) is 6.54 Å². The second kappa shape index (κ2) is 10.9. The standard InChI is InChI=1S/C22H26N4O5S/c27-22(24-23-18-10-5-2-1-3-6-11-18)17-25(19-12-9-13-20(16-19)26(28)29)32(30,31)21-14-7-4-8-15-21/h4,7-9,12-16H,1-3,5-6,10-11,17H2,(H,24,27). The summed E-state index contributed by atoms with van der Waals surface area (Å²) in [4.78, 5) is 23.2. The van der Waals surface area contributed by atoms with Gasteiger partial charge in [-0.05, 0) is 43.9 Å². The second-order valence-corrected chi connectivity index (χ2v) is 9.44. The van der Waals surface area contributed by atoms with Crippen LogP contribution in [0.25, 0.3) is 0 Å². The largest absolute Gasteiger partial charge is 0.271 e. The van der Waals surface area contributed by atoms with Crippen LogP contribution < -0.4 is 9.73 Å². The van der Waals surface area contributed by atoms with Crippen molar-refractivity contribution in [2.75, 3.05) is 10.8 Å². The highest BCUT2D eigenvalue weighted by Crippen LogP contribution is 2.26. The Bertz CT molecular complexity index is 1080. The highest BCUT2D eigenvalue weighted by molar-refractivity contribution is 7.92. The van der Waals surface area contributed by atoms with E-state index in [2.05, 4.69) is 10.5 Å². The number of sulfonamides is 1. The van der Waals surface area contributed by atoms with Gasteiger partial charge in [0.15, 0.2) is 0 Å². The number of carbonyl (C=O) groups is 1. The summed E-state index contributed by atoms with van der Waals surface area (Å²) in [5.41, 5.74) is 3.12. The molecule has 0 bridgehead atoms. The molecule has 1 aliphatic rings. The summed E-state index contributed by atoms with van der Waals surface area (Å²) in [6.07, 6.45) is 7.09. The van der Waals surface area contributed by atoms with Crippen LogP contribution in [0, 0.1) is 10.1 Å². The summed E-state index contributed by atoms with van der Waals surface area (Å²) >= 11 is 0. The van der Waals surface area contributed by atoms with E-state index in [-0.39, 0.29) is 16.3 Å². The normalized spacial score (nSPS) is 14.7. The monoisotopic (exact) mass is 458 g/mol. The van der Waals surface area contributed by atoms with Crippen molar-refractivity contribution in [2.45, 2.75) is 49.8 Å². The highest BCUT2D eigenvalue weighted by Gasteiger charge is 2.28. The maximum absolute atomic E-state index is 13.3. The van der Waals surface area contributed by atoms with Gasteiger partial charge in [0, 0.05) is 17.8 Å². The third-order valence-corrected chi connectivity index (χ3v) is 7.00. The van der Waals surface area contributed by atoms with E-state index in [9.17, 15) is 23.3 Å². The Morgan fingerprint density at radius 3 is 2.31 bits per heavy atom. The summed E-state index contributed by atoms with van der Waals surface area (Å²) < 4.78 is 27.4.